The number of tetrazole rings is 1. The number of nitrogens with zero attached hydrogens (tertiary/aromatic N) is 6. The molecule has 27 heavy (non-hydrogen) atoms. The summed E-state index contributed by atoms with van der Waals surface area (Å²) < 4.78 is 1.51. The number of rotatable bonds is 5. The van der Waals surface area contributed by atoms with Crippen molar-refractivity contribution in [3.63, 3.8) is 0 Å². The SMILES string of the molecule is C/C(=N\NC(=O)c1ccc([N+](=O)[O-])c(C)c1)c1cccc(-n2cnnn2)c1. The van der Waals surface area contributed by atoms with E-state index in [0.29, 0.717) is 11.3 Å². The highest BCUT2D eigenvalue weighted by molar-refractivity contribution is 6.01. The molecule has 0 saturated carbocycles. The number of amides is 1. The van der Waals surface area contributed by atoms with Crippen molar-refractivity contribution >= 4 is 17.3 Å². The number of nitrogens with one attached hydrogen (secondary N) is 1. The Bertz CT molecular complexity index is 1030. The van der Waals surface area contributed by atoms with Crippen LogP contribution in [-0.4, -0.2) is 36.7 Å². The highest BCUT2D eigenvalue weighted by Gasteiger charge is 2.13. The van der Waals surface area contributed by atoms with Crippen molar-refractivity contribution in [1.29, 1.82) is 0 Å². The first kappa shape index (κ1) is 17.9. The number of aromatic nitrogens is 4. The molecular formula is C17H15N7O3. The van der Waals surface area contributed by atoms with E-state index in [4.69, 9.17) is 0 Å². The average molecular weight is 365 g/mol. The van der Waals surface area contributed by atoms with Crippen LogP contribution in [0.25, 0.3) is 5.69 Å². The highest BCUT2D eigenvalue weighted by Crippen LogP contribution is 2.18. The van der Waals surface area contributed by atoms with Gasteiger partial charge in [-0.3, -0.25) is 14.9 Å². The van der Waals surface area contributed by atoms with E-state index in [1.54, 1.807) is 13.8 Å². The van der Waals surface area contributed by atoms with Crippen molar-refractivity contribution in [1.82, 2.24) is 25.6 Å². The molecule has 1 N–H and O–H groups in total. The predicted octanol–water partition coefficient (Wildman–Crippen LogP) is 2.03. The van der Waals surface area contributed by atoms with Gasteiger partial charge in [-0.15, -0.1) is 5.10 Å². The lowest BCUT2D eigenvalue weighted by Gasteiger charge is -2.06. The largest absolute Gasteiger partial charge is 0.272 e. The molecule has 3 aromatic rings. The van der Waals surface area contributed by atoms with Crippen LogP contribution in [0.2, 0.25) is 0 Å². The summed E-state index contributed by atoms with van der Waals surface area (Å²) in [6.45, 7) is 3.33. The zero-order valence-electron chi connectivity index (χ0n) is 14.5. The van der Waals surface area contributed by atoms with Crippen LogP contribution in [0.3, 0.4) is 0 Å². The topological polar surface area (TPSA) is 128 Å². The van der Waals surface area contributed by atoms with E-state index in [1.165, 1.54) is 29.2 Å². The van der Waals surface area contributed by atoms with Crippen molar-refractivity contribution in [2.45, 2.75) is 13.8 Å². The number of hydrogen-bond acceptors (Lipinski definition) is 7. The van der Waals surface area contributed by atoms with Gasteiger partial charge in [0.15, 0.2) is 0 Å². The Morgan fingerprint density at radius 2 is 2.04 bits per heavy atom. The molecule has 0 saturated heterocycles. The molecule has 0 fully saturated rings. The van der Waals surface area contributed by atoms with Gasteiger partial charge < -0.3 is 0 Å². The quantitative estimate of drug-likeness (QED) is 0.418. The molecule has 0 unspecified atom stereocenters. The first-order valence-corrected chi connectivity index (χ1v) is 7.89. The Morgan fingerprint density at radius 3 is 2.70 bits per heavy atom. The van der Waals surface area contributed by atoms with Crippen LogP contribution < -0.4 is 5.43 Å². The summed E-state index contributed by atoms with van der Waals surface area (Å²) in [7, 11) is 0. The Morgan fingerprint density at radius 1 is 1.22 bits per heavy atom. The number of hydrazone groups is 1. The van der Waals surface area contributed by atoms with Gasteiger partial charge in [-0.2, -0.15) is 5.10 Å². The van der Waals surface area contributed by atoms with E-state index in [2.05, 4.69) is 26.1 Å². The molecule has 3 rings (SSSR count). The second-order valence-corrected chi connectivity index (χ2v) is 5.70. The van der Waals surface area contributed by atoms with Gasteiger partial charge >= 0.3 is 0 Å². The Balaban J connectivity index is 1.76. The summed E-state index contributed by atoms with van der Waals surface area (Å²) in [4.78, 5) is 22.6. The fraction of sp³-hybridized carbons (Fsp3) is 0.118. The fourth-order valence-electron chi connectivity index (χ4n) is 2.42. The molecule has 0 atom stereocenters. The predicted molar refractivity (Wildman–Crippen MR) is 96.7 cm³/mol. The second kappa shape index (κ2) is 7.52. The maximum Gasteiger partial charge on any atom is 0.272 e. The molecule has 1 heterocycles. The minimum absolute atomic E-state index is 0.0364. The summed E-state index contributed by atoms with van der Waals surface area (Å²) >= 11 is 0. The molecule has 0 radical (unpaired) electrons. The number of carbonyl (C=O) groups is 1. The molecular weight excluding hydrogens is 350 g/mol. The minimum atomic E-state index is -0.489. The standard InChI is InChI=1S/C17H15N7O3/c1-11-8-14(6-7-16(11)24(26)27)17(25)20-19-12(2)13-4-3-5-15(9-13)23-10-18-21-22-23/h3-10H,1-2H3,(H,20,25)/b19-12+. The molecule has 0 bridgehead atoms. The van der Waals surface area contributed by atoms with Crippen LogP contribution in [0.5, 0.6) is 0 Å². The zero-order valence-corrected chi connectivity index (χ0v) is 14.5. The van der Waals surface area contributed by atoms with E-state index in [1.807, 2.05) is 24.3 Å². The molecule has 0 aliphatic heterocycles. The molecule has 10 heteroatoms. The van der Waals surface area contributed by atoms with Crippen LogP contribution in [-0.2, 0) is 0 Å². The van der Waals surface area contributed by atoms with Gasteiger partial charge in [0, 0.05) is 17.2 Å². The summed E-state index contributed by atoms with van der Waals surface area (Å²) in [5.41, 5.74) is 5.23. The first-order chi connectivity index (χ1) is 13.0. The lowest BCUT2D eigenvalue weighted by molar-refractivity contribution is -0.385. The number of aryl methyl sites for hydroxylation is 1. The van der Waals surface area contributed by atoms with E-state index < -0.39 is 10.8 Å². The summed E-state index contributed by atoms with van der Waals surface area (Å²) in [5.74, 6) is -0.455. The van der Waals surface area contributed by atoms with Crippen molar-refractivity contribution in [3.8, 4) is 5.69 Å². The third-order valence-corrected chi connectivity index (χ3v) is 3.86. The molecule has 0 aliphatic rings. The molecule has 10 nitrogen and oxygen atoms in total. The van der Waals surface area contributed by atoms with Gasteiger partial charge in [0.25, 0.3) is 11.6 Å². The maximum absolute atomic E-state index is 12.2. The Kier molecular flexibility index (Phi) is 4.97. The van der Waals surface area contributed by atoms with E-state index in [-0.39, 0.29) is 11.3 Å². The third kappa shape index (κ3) is 4.00. The molecule has 136 valence electrons. The molecule has 1 aromatic heterocycles. The van der Waals surface area contributed by atoms with E-state index >= 15 is 0 Å². The number of benzene rings is 2. The van der Waals surface area contributed by atoms with Gasteiger partial charge in [-0.05, 0) is 54.1 Å². The summed E-state index contributed by atoms with van der Waals surface area (Å²) in [6.07, 6.45) is 1.48. The van der Waals surface area contributed by atoms with Gasteiger partial charge in [0.1, 0.15) is 6.33 Å². The Hall–Kier alpha value is -3.95. The number of hydrogen-bond donors (Lipinski definition) is 1. The molecule has 0 aliphatic carbocycles. The zero-order chi connectivity index (χ0) is 19.4. The van der Waals surface area contributed by atoms with Crippen LogP contribution in [0.1, 0.15) is 28.4 Å². The van der Waals surface area contributed by atoms with E-state index in [9.17, 15) is 14.9 Å². The van der Waals surface area contributed by atoms with E-state index in [0.717, 1.165) is 11.3 Å². The van der Waals surface area contributed by atoms with Gasteiger partial charge in [0.05, 0.1) is 16.3 Å². The van der Waals surface area contributed by atoms with Crippen molar-refractivity contribution in [2.75, 3.05) is 0 Å². The molecule has 0 spiro atoms. The molecule has 1 amide bonds. The lowest BCUT2D eigenvalue weighted by atomic mass is 10.1. The highest BCUT2D eigenvalue weighted by atomic mass is 16.6. The smallest absolute Gasteiger partial charge is 0.267 e. The monoisotopic (exact) mass is 365 g/mol. The summed E-state index contributed by atoms with van der Waals surface area (Å²) in [6, 6.07) is 11.5. The lowest BCUT2D eigenvalue weighted by Crippen LogP contribution is -2.19. The number of nitro groups is 1. The van der Waals surface area contributed by atoms with Crippen LogP contribution in [0.15, 0.2) is 53.9 Å². The third-order valence-electron chi connectivity index (χ3n) is 3.86. The van der Waals surface area contributed by atoms with Crippen LogP contribution in [0, 0.1) is 17.0 Å². The van der Waals surface area contributed by atoms with Crippen LogP contribution >= 0.6 is 0 Å². The first-order valence-electron chi connectivity index (χ1n) is 7.89. The van der Waals surface area contributed by atoms with Gasteiger partial charge in [-0.1, -0.05) is 12.1 Å². The average Bonchev–Trinajstić information content (AvgIpc) is 3.20. The van der Waals surface area contributed by atoms with Crippen molar-refractivity contribution in [2.24, 2.45) is 5.10 Å². The maximum atomic E-state index is 12.2. The van der Waals surface area contributed by atoms with Crippen LogP contribution in [0.4, 0.5) is 5.69 Å². The van der Waals surface area contributed by atoms with Crippen molar-refractivity contribution in [3.05, 3.63) is 75.6 Å². The summed E-state index contributed by atoms with van der Waals surface area (Å²) in [5, 5.41) is 26.0. The Labute approximate surface area is 153 Å². The minimum Gasteiger partial charge on any atom is -0.267 e. The second-order valence-electron chi connectivity index (χ2n) is 5.70. The van der Waals surface area contributed by atoms with Gasteiger partial charge in [-0.25, -0.2) is 10.1 Å². The fourth-order valence-corrected chi connectivity index (χ4v) is 2.42. The number of nitro benzene ring substituents is 1. The van der Waals surface area contributed by atoms with Crippen molar-refractivity contribution < 1.29 is 9.72 Å². The number of carbonyl (C=O) groups excluding carboxylic acids is 1. The molecule has 2 aromatic carbocycles. The van der Waals surface area contributed by atoms with Gasteiger partial charge in [0.2, 0.25) is 0 Å². The normalized spacial score (nSPS) is 11.3.